The first kappa shape index (κ1) is 11.4. The Kier molecular flexibility index (Phi) is 3.46. The third kappa shape index (κ3) is 1.92. The van der Waals surface area contributed by atoms with Crippen molar-refractivity contribution in [3.8, 4) is 0 Å². The summed E-state index contributed by atoms with van der Waals surface area (Å²) in [7, 11) is 0. The lowest BCUT2D eigenvalue weighted by Gasteiger charge is -2.21. The number of amides is 1. The van der Waals surface area contributed by atoms with Crippen LogP contribution in [0.15, 0.2) is 16.8 Å². The minimum absolute atomic E-state index is 0.0684. The molecule has 2 heterocycles. The van der Waals surface area contributed by atoms with E-state index in [1.807, 2.05) is 23.4 Å². The van der Waals surface area contributed by atoms with Crippen molar-refractivity contribution in [1.82, 2.24) is 10.5 Å². The van der Waals surface area contributed by atoms with Crippen LogP contribution in [-0.2, 0) is 4.79 Å². The van der Waals surface area contributed by atoms with Crippen LogP contribution in [0.5, 0.6) is 0 Å². The molecule has 1 N–H and O–H groups in total. The van der Waals surface area contributed by atoms with E-state index < -0.39 is 0 Å². The van der Waals surface area contributed by atoms with E-state index in [4.69, 9.17) is 0 Å². The number of thiophene rings is 1. The van der Waals surface area contributed by atoms with Gasteiger partial charge in [-0.15, -0.1) is 5.53 Å². The van der Waals surface area contributed by atoms with Crippen LogP contribution in [-0.4, -0.2) is 23.5 Å². The van der Waals surface area contributed by atoms with Gasteiger partial charge in [-0.05, 0) is 24.3 Å². The summed E-state index contributed by atoms with van der Waals surface area (Å²) in [5.74, 6) is 0.176. The summed E-state index contributed by atoms with van der Waals surface area (Å²) in [6.07, 6.45) is 1.79. The van der Waals surface area contributed by atoms with Gasteiger partial charge >= 0.3 is 0 Å². The Morgan fingerprint density at radius 3 is 2.88 bits per heavy atom. The van der Waals surface area contributed by atoms with Gasteiger partial charge < -0.3 is 0 Å². The second-order valence-corrected chi connectivity index (χ2v) is 4.65. The fourth-order valence-corrected chi connectivity index (χ4v) is 2.54. The maximum absolute atomic E-state index is 12.1. The summed E-state index contributed by atoms with van der Waals surface area (Å²) in [5, 5.41) is 7.76. The largest absolute Gasteiger partial charge is 0.277 e. The van der Waals surface area contributed by atoms with Crippen molar-refractivity contribution >= 4 is 22.9 Å². The molecular formula is C11H17N3OS. The molecule has 0 aliphatic carbocycles. The highest BCUT2D eigenvalue weighted by molar-refractivity contribution is 7.08. The van der Waals surface area contributed by atoms with Crippen LogP contribution >= 0.6 is 11.3 Å². The first-order valence-electron chi connectivity index (χ1n) is 5.67. The molecule has 4 nitrogen and oxygen atoms in total. The number of rotatable bonds is 4. The molecule has 0 spiro atoms. The molecule has 5 heteroatoms. The van der Waals surface area contributed by atoms with Crippen molar-refractivity contribution in [2.75, 3.05) is 11.6 Å². The van der Waals surface area contributed by atoms with Crippen molar-refractivity contribution in [3.05, 3.63) is 16.8 Å². The van der Waals surface area contributed by atoms with Gasteiger partial charge in [0.05, 0.1) is 5.69 Å². The minimum atomic E-state index is -0.0684. The van der Waals surface area contributed by atoms with Crippen molar-refractivity contribution in [2.45, 2.75) is 32.7 Å². The molecule has 1 saturated heterocycles. The summed E-state index contributed by atoms with van der Waals surface area (Å²) in [4.78, 5) is 12.1. The first-order chi connectivity index (χ1) is 7.77. The summed E-state index contributed by atoms with van der Waals surface area (Å²) < 4.78 is 0. The molecule has 1 aromatic heterocycles. The van der Waals surface area contributed by atoms with E-state index in [0.29, 0.717) is 0 Å². The topological polar surface area (TPSA) is 35.6 Å². The number of carbonyl (C=O) groups is 1. The van der Waals surface area contributed by atoms with Gasteiger partial charge in [-0.3, -0.25) is 14.8 Å². The van der Waals surface area contributed by atoms with Crippen molar-refractivity contribution in [1.29, 1.82) is 0 Å². The first-order valence-corrected chi connectivity index (χ1v) is 6.61. The molecule has 1 atom stereocenters. The van der Waals surface area contributed by atoms with Gasteiger partial charge in [0, 0.05) is 11.9 Å². The van der Waals surface area contributed by atoms with E-state index in [9.17, 15) is 4.79 Å². The van der Waals surface area contributed by atoms with Gasteiger partial charge in [0.25, 0.3) is 5.91 Å². The molecule has 1 amide bonds. The van der Waals surface area contributed by atoms with E-state index in [1.54, 1.807) is 16.3 Å². The Labute approximate surface area is 99.8 Å². The molecular weight excluding hydrogens is 222 g/mol. The predicted octanol–water partition coefficient (Wildman–Crippen LogP) is 2.00. The van der Waals surface area contributed by atoms with Gasteiger partial charge in [0.1, 0.15) is 6.04 Å². The molecule has 1 fully saturated rings. The number of hydrazine groups is 2. The zero-order valence-electron chi connectivity index (χ0n) is 9.64. The van der Waals surface area contributed by atoms with Crippen LogP contribution in [0.3, 0.4) is 0 Å². The molecule has 1 unspecified atom stereocenters. The highest BCUT2D eigenvalue weighted by Gasteiger charge is 2.36. The third-order valence-electron chi connectivity index (χ3n) is 2.71. The molecule has 0 radical (unpaired) electrons. The monoisotopic (exact) mass is 239 g/mol. The van der Waals surface area contributed by atoms with Gasteiger partial charge in [-0.1, -0.05) is 13.8 Å². The minimum Gasteiger partial charge on any atom is -0.277 e. The standard InChI is InChI=1S/C11H17N3OS/c1-3-6-13-11(15)10(4-2)14(12-13)9-5-7-16-8-9/h5,7-8,10,12H,3-4,6H2,1-2H3. The highest BCUT2D eigenvalue weighted by Crippen LogP contribution is 2.24. The lowest BCUT2D eigenvalue weighted by Crippen LogP contribution is -2.41. The maximum Gasteiger partial charge on any atom is 0.262 e. The number of hydrogen-bond donors (Lipinski definition) is 1. The van der Waals surface area contributed by atoms with E-state index in [1.165, 1.54) is 0 Å². The number of carbonyl (C=O) groups excluding carboxylic acids is 1. The highest BCUT2D eigenvalue weighted by atomic mass is 32.1. The van der Waals surface area contributed by atoms with Crippen LogP contribution < -0.4 is 10.5 Å². The number of hydrogen-bond acceptors (Lipinski definition) is 4. The van der Waals surface area contributed by atoms with Crippen LogP contribution in [0, 0.1) is 0 Å². The van der Waals surface area contributed by atoms with E-state index in [2.05, 4.69) is 17.8 Å². The predicted molar refractivity (Wildman–Crippen MR) is 66.0 cm³/mol. The maximum atomic E-state index is 12.1. The third-order valence-corrected chi connectivity index (χ3v) is 3.38. The van der Waals surface area contributed by atoms with E-state index in [-0.39, 0.29) is 11.9 Å². The van der Waals surface area contributed by atoms with Crippen LogP contribution in [0.1, 0.15) is 26.7 Å². The number of nitrogens with zero attached hydrogens (tertiary/aromatic N) is 2. The van der Waals surface area contributed by atoms with Crippen LogP contribution in [0.2, 0.25) is 0 Å². The lowest BCUT2D eigenvalue weighted by atomic mass is 10.2. The number of nitrogens with one attached hydrogen (secondary N) is 1. The quantitative estimate of drug-likeness (QED) is 0.873. The molecule has 1 aromatic rings. The summed E-state index contributed by atoms with van der Waals surface area (Å²) >= 11 is 1.64. The molecule has 0 saturated carbocycles. The average Bonchev–Trinajstić information content (AvgIpc) is 2.88. The molecule has 88 valence electrons. The van der Waals surface area contributed by atoms with Gasteiger partial charge in [-0.25, -0.2) is 0 Å². The second-order valence-electron chi connectivity index (χ2n) is 3.87. The van der Waals surface area contributed by atoms with Crippen LogP contribution in [0.4, 0.5) is 5.69 Å². The zero-order valence-corrected chi connectivity index (χ0v) is 10.5. The van der Waals surface area contributed by atoms with Gasteiger partial charge in [0.15, 0.2) is 0 Å². The molecule has 1 aliphatic rings. The zero-order chi connectivity index (χ0) is 11.5. The smallest absolute Gasteiger partial charge is 0.262 e. The van der Waals surface area contributed by atoms with E-state index >= 15 is 0 Å². The Bertz CT molecular complexity index is 352. The van der Waals surface area contributed by atoms with Gasteiger partial charge in [-0.2, -0.15) is 11.3 Å². The van der Waals surface area contributed by atoms with Gasteiger partial charge in [0.2, 0.25) is 0 Å². The Morgan fingerprint density at radius 1 is 1.50 bits per heavy atom. The Hall–Kier alpha value is -1.07. The molecule has 0 aromatic carbocycles. The molecule has 2 rings (SSSR count). The summed E-state index contributed by atoms with van der Waals surface area (Å²) in [5.41, 5.74) is 4.24. The SMILES string of the molecule is CCCN1NN(c2ccsc2)C(CC)C1=O. The fourth-order valence-electron chi connectivity index (χ4n) is 1.91. The molecule has 0 bridgehead atoms. The van der Waals surface area contributed by atoms with Crippen molar-refractivity contribution in [3.63, 3.8) is 0 Å². The van der Waals surface area contributed by atoms with E-state index in [0.717, 1.165) is 25.1 Å². The average molecular weight is 239 g/mol. The molecule has 16 heavy (non-hydrogen) atoms. The second kappa shape index (κ2) is 4.84. The lowest BCUT2D eigenvalue weighted by molar-refractivity contribution is -0.130. The van der Waals surface area contributed by atoms with Crippen LogP contribution in [0.25, 0.3) is 0 Å². The van der Waals surface area contributed by atoms with Crippen molar-refractivity contribution < 1.29 is 4.79 Å². The fraction of sp³-hybridized carbons (Fsp3) is 0.545. The normalized spacial score (nSPS) is 20.9. The van der Waals surface area contributed by atoms with Crippen molar-refractivity contribution in [2.24, 2.45) is 0 Å². The molecule has 1 aliphatic heterocycles. The number of anilines is 1. The summed E-state index contributed by atoms with van der Waals surface area (Å²) in [6, 6.07) is 1.96. The summed E-state index contributed by atoms with van der Waals surface area (Å²) in [6.45, 7) is 4.87. The Balaban J connectivity index is 2.17. The Morgan fingerprint density at radius 2 is 2.31 bits per heavy atom.